The third-order valence-corrected chi connectivity index (χ3v) is 2.41. The van der Waals surface area contributed by atoms with E-state index in [0.29, 0.717) is 0 Å². The maximum Gasteiger partial charge on any atom is 0.0938 e. The molecule has 0 unspecified atom stereocenters. The highest BCUT2D eigenvalue weighted by atomic mass is 15.3. The summed E-state index contributed by atoms with van der Waals surface area (Å²) in [5.74, 6) is 0. The number of nitrogens with zero attached hydrogens (tertiary/aromatic N) is 4. The van der Waals surface area contributed by atoms with Gasteiger partial charge in [-0.3, -0.25) is 4.68 Å². The van der Waals surface area contributed by atoms with Crippen LogP contribution in [0.3, 0.4) is 0 Å². The van der Waals surface area contributed by atoms with Gasteiger partial charge in [-0.05, 0) is 24.3 Å². The van der Waals surface area contributed by atoms with E-state index in [2.05, 4.69) is 16.3 Å². The number of rotatable bonds is 1. The molecule has 0 spiro atoms. The zero-order valence-corrected chi connectivity index (χ0v) is 8.33. The highest BCUT2D eigenvalue weighted by molar-refractivity contribution is 5.61. The van der Waals surface area contributed by atoms with E-state index in [1.54, 1.807) is 10.9 Å². The van der Waals surface area contributed by atoms with Crippen molar-refractivity contribution in [1.82, 2.24) is 19.4 Å². The summed E-state index contributed by atoms with van der Waals surface area (Å²) in [4.78, 5) is 0. The van der Waals surface area contributed by atoms with Crippen LogP contribution in [0.1, 0.15) is 0 Å². The lowest BCUT2D eigenvalue weighted by molar-refractivity contribution is 0.770. The maximum atomic E-state index is 4.35. The first kappa shape index (κ1) is 8.23. The van der Waals surface area contributed by atoms with Gasteiger partial charge in [0, 0.05) is 31.2 Å². The molecule has 0 fully saturated rings. The molecule has 74 valence electrons. The van der Waals surface area contributed by atoms with E-state index in [1.165, 1.54) is 0 Å². The SMILES string of the molecule is Cn1ccc(-c2ccc3ccnn3c2)n1. The molecule has 0 aromatic carbocycles. The number of hydrogen-bond acceptors (Lipinski definition) is 2. The van der Waals surface area contributed by atoms with Crippen molar-refractivity contribution in [1.29, 1.82) is 0 Å². The van der Waals surface area contributed by atoms with Crippen LogP contribution in [0.15, 0.2) is 42.9 Å². The molecule has 0 aliphatic rings. The van der Waals surface area contributed by atoms with Crippen molar-refractivity contribution in [2.75, 3.05) is 0 Å². The maximum absolute atomic E-state index is 4.35. The summed E-state index contributed by atoms with van der Waals surface area (Å²) in [5.41, 5.74) is 3.14. The quantitative estimate of drug-likeness (QED) is 0.597. The second-order valence-electron chi connectivity index (χ2n) is 3.49. The van der Waals surface area contributed by atoms with Crippen LogP contribution in [0.2, 0.25) is 0 Å². The Morgan fingerprint density at radius 2 is 2.07 bits per heavy atom. The molecule has 0 aliphatic carbocycles. The lowest BCUT2D eigenvalue weighted by Gasteiger charge is -1.98. The summed E-state index contributed by atoms with van der Waals surface area (Å²) in [6, 6.07) is 8.06. The van der Waals surface area contributed by atoms with E-state index in [0.717, 1.165) is 16.8 Å². The van der Waals surface area contributed by atoms with E-state index in [1.807, 2.05) is 42.2 Å². The van der Waals surface area contributed by atoms with Gasteiger partial charge in [0.2, 0.25) is 0 Å². The Morgan fingerprint density at radius 3 is 2.87 bits per heavy atom. The number of pyridine rings is 1. The van der Waals surface area contributed by atoms with Crippen molar-refractivity contribution in [3.05, 3.63) is 42.9 Å². The van der Waals surface area contributed by atoms with E-state index < -0.39 is 0 Å². The molecule has 3 heterocycles. The van der Waals surface area contributed by atoms with Gasteiger partial charge in [-0.1, -0.05) is 0 Å². The van der Waals surface area contributed by atoms with Gasteiger partial charge in [0.05, 0.1) is 11.2 Å². The molecular formula is C11H10N4. The van der Waals surface area contributed by atoms with Gasteiger partial charge >= 0.3 is 0 Å². The number of fused-ring (bicyclic) bond motifs is 1. The molecule has 0 saturated heterocycles. The minimum absolute atomic E-state index is 0.968. The number of aromatic nitrogens is 4. The molecule has 0 bridgehead atoms. The molecule has 0 aliphatic heterocycles. The van der Waals surface area contributed by atoms with Gasteiger partial charge in [0.1, 0.15) is 0 Å². The topological polar surface area (TPSA) is 35.1 Å². The summed E-state index contributed by atoms with van der Waals surface area (Å²) in [6.07, 6.45) is 5.71. The van der Waals surface area contributed by atoms with Crippen LogP contribution in [0.5, 0.6) is 0 Å². The first-order valence-electron chi connectivity index (χ1n) is 4.76. The van der Waals surface area contributed by atoms with Crippen LogP contribution in [0, 0.1) is 0 Å². The highest BCUT2D eigenvalue weighted by Crippen LogP contribution is 2.17. The number of hydrogen-bond donors (Lipinski definition) is 0. The molecule has 3 rings (SSSR count). The average molecular weight is 198 g/mol. The fraction of sp³-hybridized carbons (Fsp3) is 0.0909. The molecule has 0 amide bonds. The van der Waals surface area contributed by atoms with E-state index >= 15 is 0 Å². The molecular weight excluding hydrogens is 188 g/mol. The third kappa shape index (κ3) is 1.30. The Labute approximate surface area is 86.8 Å². The average Bonchev–Trinajstić information content (AvgIpc) is 2.84. The van der Waals surface area contributed by atoms with Crippen molar-refractivity contribution in [3.63, 3.8) is 0 Å². The van der Waals surface area contributed by atoms with E-state index in [9.17, 15) is 0 Å². The summed E-state index contributed by atoms with van der Waals surface area (Å²) in [7, 11) is 1.91. The van der Waals surface area contributed by atoms with Crippen molar-refractivity contribution in [3.8, 4) is 11.3 Å². The van der Waals surface area contributed by atoms with Gasteiger partial charge < -0.3 is 0 Å². The fourth-order valence-corrected chi connectivity index (χ4v) is 1.63. The van der Waals surface area contributed by atoms with Crippen LogP contribution in [0.4, 0.5) is 0 Å². The lowest BCUT2D eigenvalue weighted by Crippen LogP contribution is -1.90. The molecule has 0 saturated carbocycles. The minimum Gasteiger partial charge on any atom is -0.275 e. The van der Waals surface area contributed by atoms with Crippen LogP contribution in [-0.4, -0.2) is 19.4 Å². The molecule has 0 radical (unpaired) electrons. The summed E-state index contributed by atoms with van der Waals surface area (Å²) in [6.45, 7) is 0. The predicted molar refractivity (Wildman–Crippen MR) is 57.4 cm³/mol. The Balaban J connectivity index is 2.18. The lowest BCUT2D eigenvalue weighted by atomic mass is 10.2. The zero-order valence-electron chi connectivity index (χ0n) is 8.33. The van der Waals surface area contributed by atoms with Crippen molar-refractivity contribution in [2.24, 2.45) is 7.05 Å². The van der Waals surface area contributed by atoms with Gasteiger partial charge in [0.15, 0.2) is 0 Å². The van der Waals surface area contributed by atoms with Crippen molar-refractivity contribution >= 4 is 5.52 Å². The molecule has 0 atom stereocenters. The fourth-order valence-electron chi connectivity index (χ4n) is 1.63. The Kier molecular flexibility index (Phi) is 1.62. The molecule has 4 nitrogen and oxygen atoms in total. The van der Waals surface area contributed by atoms with Crippen LogP contribution in [0.25, 0.3) is 16.8 Å². The van der Waals surface area contributed by atoms with Crippen molar-refractivity contribution < 1.29 is 0 Å². The normalized spacial score (nSPS) is 11.0. The first-order valence-corrected chi connectivity index (χ1v) is 4.76. The van der Waals surface area contributed by atoms with E-state index in [4.69, 9.17) is 0 Å². The first-order chi connectivity index (χ1) is 7.33. The van der Waals surface area contributed by atoms with E-state index in [-0.39, 0.29) is 0 Å². The second-order valence-corrected chi connectivity index (χ2v) is 3.49. The van der Waals surface area contributed by atoms with Gasteiger partial charge in [0.25, 0.3) is 0 Å². The second kappa shape index (κ2) is 2.95. The Hall–Kier alpha value is -2.10. The smallest absolute Gasteiger partial charge is 0.0938 e. The number of aryl methyl sites for hydroxylation is 1. The summed E-state index contributed by atoms with van der Waals surface area (Å²) < 4.78 is 3.65. The molecule has 3 aromatic heterocycles. The Bertz CT molecular complexity index is 606. The zero-order chi connectivity index (χ0) is 10.3. The molecule has 0 N–H and O–H groups in total. The standard InChI is InChI=1S/C11H10N4/c1-14-7-5-11(13-14)9-2-3-10-4-6-12-15(10)8-9/h2-8H,1H3. The van der Waals surface area contributed by atoms with Gasteiger partial charge in [-0.25, -0.2) is 4.52 Å². The Morgan fingerprint density at radius 1 is 1.13 bits per heavy atom. The molecule has 15 heavy (non-hydrogen) atoms. The van der Waals surface area contributed by atoms with Crippen LogP contribution in [-0.2, 0) is 7.05 Å². The van der Waals surface area contributed by atoms with Crippen LogP contribution < -0.4 is 0 Å². The highest BCUT2D eigenvalue weighted by Gasteiger charge is 2.02. The van der Waals surface area contributed by atoms with Gasteiger partial charge in [-0.15, -0.1) is 0 Å². The third-order valence-electron chi connectivity index (χ3n) is 2.41. The molecule has 4 heteroatoms. The predicted octanol–water partition coefficient (Wildman–Crippen LogP) is 1.73. The molecule has 3 aromatic rings. The van der Waals surface area contributed by atoms with Gasteiger partial charge in [-0.2, -0.15) is 10.2 Å². The monoisotopic (exact) mass is 198 g/mol. The largest absolute Gasteiger partial charge is 0.275 e. The summed E-state index contributed by atoms with van der Waals surface area (Å²) in [5, 5.41) is 8.54. The summed E-state index contributed by atoms with van der Waals surface area (Å²) >= 11 is 0. The van der Waals surface area contributed by atoms with Crippen molar-refractivity contribution in [2.45, 2.75) is 0 Å². The minimum atomic E-state index is 0.968. The van der Waals surface area contributed by atoms with Crippen LogP contribution >= 0.6 is 0 Å².